The van der Waals surface area contributed by atoms with Gasteiger partial charge in [0.25, 0.3) is 5.56 Å². The molecule has 26 heavy (non-hydrogen) atoms. The van der Waals surface area contributed by atoms with E-state index < -0.39 is 0 Å². The Morgan fingerprint density at radius 2 is 1.81 bits per heavy atom. The van der Waals surface area contributed by atoms with E-state index in [4.69, 9.17) is 0 Å². The van der Waals surface area contributed by atoms with Gasteiger partial charge in [0.15, 0.2) is 5.75 Å². The third-order valence-electron chi connectivity index (χ3n) is 4.25. The van der Waals surface area contributed by atoms with Crippen molar-refractivity contribution in [2.45, 2.75) is 59.9 Å². The molecule has 1 N–H and O–H groups in total. The molecule has 0 atom stereocenters. The van der Waals surface area contributed by atoms with Crippen LogP contribution in [0.5, 0.6) is 5.75 Å². The zero-order valence-electron chi connectivity index (χ0n) is 16.9. The molecule has 4 nitrogen and oxygen atoms in total. The fourth-order valence-electron chi connectivity index (χ4n) is 2.74. The summed E-state index contributed by atoms with van der Waals surface area (Å²) < 4.78 is 1.55. The van der Waals surface area contributed by atoms with Crippen LogP contribution in [0.4, 0.5) is 0 Å². The Balaban J connectivity index is 0.00000151. The Hall–Kier alpha value is -0.996. The van der Waals surface area contributed by atoms with Crippen molar-refractivity contribution in [3.05, 3.63) is 53.3 Å². The molecule has 1 aliphatic carbocycles. The molecule has 0 saturated heterocycles. The predicted octanol–water partition coefficient (Wildman–Crippen LogP) is 4.93. The molecule has 1 aromatic carbocycles. The van der Waals surface area contributed by atoms with E-state index in [-0.39, 0.29) is 57.4 Å². The van der Waals surface area contributed by atoms with Gasteiger partial charge in [0, 0.05) is 45.2 Å². The first-order valence-electron chi connectivity index (χ1n) is 8.89. The van der Waals surface area contributed by atoms with Crippen molar-refractivity contribution in [3.8, 4) is 16.9 Å². The van der Waals surface area contributed by atoms with Crippen LogP contribution in [-0.2, 0) is 39.3 Å². The summed E-state index contributed by atoms with van der Waals surface area (Å²) in [5.41, 5.74) is 2.56. The Labute approximate surface area is 182 Å². The summed E-state index contributed by atoms with van der Waals surface area (Å²) >= 11 is 0. The number of hydrogen-bond donors (Lipinski definition) is 1. The van der Waals surface area contributed by atoms with Crippen molar-refractivity contribution in [1.29, 1.82) is 0 Å². The SMILES string of the molecule is CC.Cc1ccccc1-c1c(O)c(C(C)C)nn(CC2CC2)c1=O.[CH3-].[Y]. The van der Waals surface area contributed by atoms with E-state index >= 15 is 0 Å². The van der Waals surface area contributed by atoms with E-state index in [0.29, 0.717) is 23.7 Å². The predicted molar refractivity (Wildman–Crippen MR) is 105 cm³/mol. The van der Waals surface area contributed by atoms with Crippen LogP contribution >= 0.6 is 0 Å². The van der Waals surface area contributed by atoms with E-state index in [1.165, 1.54) is 0 Å². The largest absolute Gasteiger partial charge is 0.505 e. The molecule has 1 saturated carbocycles. The number of rotatable bonds is 4. The van der Waals surface area contributed by atoms with Crippen molar-refractivity contribution < 1.29 is 37.8 Å². The van der Waals surface area contributed by atoms with Crippen LogP contribution in [0.1, 0.15) is 57.7 Å². The summed E-state index contributed by atoms with van der Waals surface area (Å²) in [5.74, 6) is 0.648. The molecular weight excluding hydrogens is 401 g/mol. The van der Waals surface area contributed by atoms with Crippen LogP contribution < -0.4 is 5.56 Å². The van der Waals surface area contributed by atoms with Gasteiger partial charge in [-0.3, -0.25) is 4.79 Å². The van der Waals surface area contributed by atoms with Crippen molar-refractivity contribution in [2.24, 2.45) is 5.92 Å². The average Bonchev–Trinajstić information content (AvgIpc) is 3.37. The van der Waals surface area contributed by atoms with E-state index in [9.17, 15) is 9.90 Å². The molecule has 0 unspecified atom stereocenters. The van der Waals surface area contributed by atoms with E-state index in [1.54, 1.807) is 4.68 Å². The summed E-state index contributed by atoms with van der Waals surface area (Å²) in [6.45, 7) is 10.6. The number of hydrogen-bond acceptors (Lipinski definition) is 3. The van der Waals surface area contributed by atoms with Crippen LogP contribution in [0.2, 0.25) is 0 Å². The van der Waals surface area contributed by atoms with Gasteiger partial charge >= 0.3 is 0 Å². The van der Waals surface area contributed by atoms with Crippen LogP contribution in [-0.4, -0.2) is 14.9 Å². The Morgan fingerprint density at radius 3 is 2.31 bits per heavy atom. The molecular formula is C21H31N2O2Y-. The van der Waals surface area contributed by atoms with Crippen LogP contribution in [0.15, 0.2) is 29.1 Å². The van der Waals surface area contributed by atoms with Gasteiger partial charge in [-0.2, -0.15) is 5.10 Å². The molecule has 1 fully saturated rings. The molecule has 5 heteroatoms. The first-order chi connectivity index (χ1) is 11.5. The smallest absolute Gasteiger partial charge is 0.278 e. The van der Waals surface area contributed by atoms with Crippen molar-refractivity contribution in [2.75, 3.05) is 0 Å². The second-order valence-corrected chi connectivity index (χ2v) is 6.51. The molecule has 0 spiro atoms. The molecule has 0 amide bonds. The fourth-order valence-corrected chi connectivity index (χ4v) is 2.74. The van der Waals surface area contributed by atoms with E-state index in [1.807, 2.05) is 58.9 Å². The van der Waals surface area contributed by atoms with Gasteiger partial charge < -0.3 is 12.5 Å². The Morgan fingerprint density at radius 1 is 1.23 bits per heavy atom. The number of nitrogens with zero attached hydrogens (tertiary/aromatic N) is 2. The topological polar surface area (TPSA) is 55.1 Å². The van der Waals surface area contributed by atoms with Gasteiger partial charge in [-0.05, 0) is 36.8 Å². The minimum atomic E-state index is -0.192. The van der Waals surface area contributed by atoms with Crippen LogP contribution in [0.3, 0.4) is 0 Å². The van der Waals surface area contributed by atoms with Crippen molar-refractivity contribution in [3.63, 3.8) is 0 Å². The zero-order chi connectivity index (χ0) is 17.9. The molecule has 3 rings (SSSR count). The maximum Gasteiger partial charge on any atom is 0.278 e. The molecule has 1 heterocycles. The minimum Gasteiger partial charge on any atom is -0.505 e. The normalized spacial score (nSPS) is 12.5. The zero-order valence-corrected chi connectivity index (χ0v) is 19.8. The Kier molecular flexibility index (Phi) is 10.6. The summed E-state index contributed by atoms with van der Waals surface area (Å²) in [6.07, 6.45) is 2.32. The van der Waals surface area contributed by atoms with Crippen molar-refractivity contribution >= 4 is 0 Å². The second kappa shape index (κ2) is 11.0. The molecule has 1 aromatic heterocycles. The van der Waals surface area contributed by atoms with E-state index in [2.05, 4.69) is 5.10 Å². The molecule has 0 aliphatic heterocycles. The summed E-state index contributed by atoms with van der Waals surface area (Å²) in [5, 5.41) is 15.0. The van der Waals surface area contributed by atoms with Gasteiger partial charge in [-0.1, -0.05) is 52.0 Å². The molecule has 1 radical (unpaired) electrons. The van der Waals surface area contributed by atoms with Crippen molar-refractivity contribution in [1.82, 2.24) is 9.78 Å². The maximum atomic E-state index is 12.8. The number of benzene rings is 1. The van der Waals surface area contributed by atoms with Crippen LogP contribution in [0, 0.1) is 20.3 Å². The Bertz CT molecular complexity index is 765. The monoisotopic (exact) mass is 432 g/mol. The van der Waals surface area contributed by atoms with Gasteiger partial charge in [0.05, 0.1) is 5.56 Å². The quantitative estimate of drug-likeness (QED) is 0.697. The minimum absolute atomic E-state index is 0. The van der Waals surface area contributed by atoms with Gasteiger partial charge in [-0.15, -0.1) is 0 Å². The number of aryl methyl sites for hydroxylation is 1. The fraction of sp³-hybridized carbons (Fsp3) is 0.476. The first kappa shape index (κ1) is 25.0. The third-order valence-corrected chi connectivity index (χ3v) is 4.25. The van der Waals surface area contributed by atoms with Crippen LogP contribution in [0.25, 0.3) is 11.1 Å². The molecule has 2 aromatic rings. The summed E-state index contributed by atoms with van der Waals surface area (Å²) in [7, 11) is 0. The standard InChI is InChI=1S/C18H22N2O2.C2H6.CH3.Y/c1-11(2)16-17(21)15(14-7-5-4-6-12(14)3)18(22)20(19-16)10-13-8-9-13;1-2;;/h4-7,11,13,21H,8-10H2,1-3H3;1-2H3;1H3;/q;;-1;. The maximum absolute atomic E-state index is 12.8. The van der Waals surface area contributed by atoms with Gasteiger partial charge in [0.2, 0.25) is 0 Å². The van der Waals surface area contributed by atoms with Gasteiger partial charge in [-0.25, -0.2) is 4.68 Å². The third kappa shape index (κ3) is 5.50. The average molecular weight is 432 g/mol. The molecule has 1 aliphatic rings. The number of aromatic hydroxyl groups is 1. The summed E-state index contributed by atoms with van der Waals surface area (Å²) in [4.78, 5) is 12.8. The molecule has 0 bridgehead atoms. The van der Waals surface area contributed by atoms with Gasteiger partial charge in [0.1, 0.15) is 5.69 Å². The number of aromatic nitrogens is 2. The molecule has 141 valence electrons. The van der Waals surface area contributed by atoms with E-state index in [0.717, 1.165) is 24.0 Å². The second-order valence-electron chi connectivity index (χ2n) is 6.51. The summed E-state index contributed by atoms with van der Waals surface area (Å²) in [6, 6.07) is 7.66. The first-order valence-corrected chi connectivity index (χ1v) is 8.89.